The highest BCUT2D eigenvalue weighted by Gasteiger charge is 2.42. The van der Waals surface area contributed by atoms with Crippen molar-refractivity contribution in [2.24, 2.45) is 5.92 Å². The van der Waals surface area contributed by atoms with Crippen LogP contribution in [-0.2, 0) is 11.3 Å². The maximum atomic E-state index is 12.6. The van der Waals surface area contributed by atoms with Gasteiger partial charge in [-0.3, -0.25) is 14.6 Å². The Labute approximate surface area is 162 Å². The first-order chi connectivity index (χ1) is 12.6. The first kappa shape index (κ1) is 18.3. The minimum atomic E-state index is 0.119. The number of likely N-dealkylation sites (N-methyl/N-ethyl adjacent to an activating group) is 1. The minimum Gasteiger partial charge on any atom is -0.342 e. The van der Waals surface area contributed by atoms with Gasteiger partial charge in [0, 0.05) is 56.3 Å². The Morgan fingerprint density at radius 2 is 1.96 bits per heavy atom. The monoisotopic (exact) mass is 375 g/mol. The third kappa shape index (κ3) is 3.92. The van der Waals surface area contributed by atoms with E-state index < -0.39 is 0 Å². The topological polar surface area (TPSA) is 26.8 Å². The SMILES string of the molecule is CN1CCN(Cc2ccccc2Cl)C[C@]12CCC(=O)N(CC1CC1)CC2. The molecule has 2 saturated heterocycles. The molecule has 0 bridgehead atoms. The van der Waals surface area contributed by atoms with E-state index >= 15 is 0 Å². The van der Waals surface area contributed by atoms with Crippen LogP contribution in [0.3, 0.4) is 0 Å². The van der Waals surface area contributed by atoms with Gasteiger partial charge in [0.15, 0.2) is 0 Å². The van der Waals surface area contributed by atoms with Crippen molar-refractivity contribution in [1.29, 1.82) is 0 Å². The van der Waals surface area contributed by atoms with Gasteiger partial charge in [-0.25, -0.2) is 0 Å². The molecule has 0 radical (unpaired) electrons. The number of piperazine rings is 1. The van der Waals surface area contributed by atoms with Crippen LogP contribution in [0.4, 0.5) is 0 Å². The number of carbonyl (C=O) groups excluding carboxylic acids is 1. The Hall–Kier alpha value is -1.10. The molecule has 3 aliphatic rings. The summed E-state index contributed by atoms with van der Waals surface area (Å²) in [6, 6.07) is 8.15. The van der Waals surface area contributed by atoms with E-state index in [9.17, 15) is 4.79 Å². The predicted molar refractivity (Wildman–Crippen MR) is 105 cm³/mol. The largest absolute Gasteiger partial charge is 0.342 e. The Morgan fingerprint density at radius 3 is 2.73 bits per heavy atom. The number of hydrogen-bond donors (Lipinski definition) is 0. The standard InChI is InChI=1S/C21H30ClN3O/c1-23-12-13-24(15-18-4-2-3-5-19(18)22)16-21(23)9-8-20(26)25(11-10-21)14-17-6-7-17/h2-5,17H,6-16H2,1H3/t21-/m1/s1. The Balaban J connectivity index is 1.45. The molecule has 1 aliphatic carbocycles. The molecule has 1 saturated carbocycles. The summed E-state index contributed by atoms with van der Waals surface area (Å²) in [4.78, 5) is 19.8. The van der Waals surface area contributed by atoms with Crippen molar-refractivity contribution in [2.45, 2.75) is 44.2 Å². The van der Waals surface area contributed by atoms with Gasteiger partial charge < -0.3 is 4.90 Å². The molecule has 1 aromatic rings. The maximum absolute atomic E-state index is 12.6. The molecule has 1 aromatic carbocycles. The lowest BCUT2D eigenvalue weighted by Gasteiger charge is -2.49. The summed E-state index contributed by atoms with van der Waals surface area (Å²) in [5, 5.41) is 0.854. The van der Waals surface area contributed by atoms with E-state index in [0.717, 1.165) is 63.1 Å². The zero-order chi connectivity index (χ0) is 18.1. The molecule has 0 unspecified atom stereocenters. The summed E-state index contributed by atoms with van der Waals surface area (Å²) < 4.78 is 0. The highest BCUT2D eigenvalue weighted by Crippen LogP contribution is 2.35. The fraction of sp³-hybridized carbons (Fsp3) is 0.667. The number of nitrogens with zero attached hydrogens (tertiary/aromatic N) is 3. The molecule has 26 heavy (non-hydrogen) atoms. The van der Waals surface area contributed by atoms with Crippen LogP contribution in [0.15, 0.2) is 24.3 Å². The predicted octanol–water partition coefficient (Wildman–Crippen LogP) is 3.25. The van der Waals surface area contributed by atoms with E-state index in [1.54, 1.807) is 0 Å². The molecule has 4 rings (SSSR count). The first-order valence-corrected chi connectivity index (χ1v) is 10.4. The Morgan fingerprint density at radius 1 is 1.15 bits per heavy atom. The molecule has 4 nitrogen and oxygen atoms in total. The fourth-order valence-electron chi connectivity index (χ4n) is 4.58. The number of benzene rings is 1. The number of halogens is 1. The molecule has 2 heterocycles. The maximum Gasteiger partial charge on any atom is 0.222 e. The smallest absolute Gasteiger partial charge is 0.222 e. The van der Waals surface area contributed by atoms with E-state index in [-0.39, 0.29) is 5.54 Å². The second kappa shape index (κ2) is 7.49. The molecule has 0 aromatic heterocycles. The lowest BCUT2D eigenvalue weighted by Crippen LogP contribution is -2.60. The summed E-state index contributed by atoms with van der Waals surface area (Å²) in [5.41, 5.74) is 1.32. The van der Waals surface area contributed by atoms with Crippen LogP contribution in [0.1, 0.15) is 37.7 Å². The summed E-state index contributed by atoms with van der Waals surface area (Å²) in [6.07, 6.45) is 5.36. The molecule has 2 aliphatic heterocycles. The molecule has 3 fully saturated rings. The van der Waals surface area contributed by atoms with E-state index in [4.69, 9.17) is 11.6 Å². The van der Waals surface area contributed by atoms with Crippen LogP contribution < -0.4 is 0 Å². The summed E-state index contributed by atoms with van der Waals surface area (Å²) in [6.45, 7) is 5.94. The minimum absolute atomic E-state index is 0.119. The van der Waals surface area contributed by atoms with Crippen molar-refractivity contribution in [1.82, 2.24) is 14.7 Å². The van der Waals surface area contributed by atoms with Crippen LogP contribution in [-0.4, -0.2) is 65.9 Å². The van der Waals surface area contributed by atoms with Gasteiger partial charge in [0.2, 0.25) is 5.91 Å². The van der Waals surface area contributed by atoms with Gasteiger partial charge in [0.25, 0.3) is 0 Å². The van der Waals surface area contributed by atoms with Gasteiger partial charge in [0.1, 0.15) is 0 Å². The van der Waals surface area contributed by atoms with Crippen molar-refractivity contribution in [3.05, 3.63) is 34.9 Å². The molecular weight excluding hydrogens is 346 g/mol. The zero-order valence-corrected chi connectivity index (χ0v) is 16.5. The first-order valence-electron chi connectivity index (χ1n) is 10.0. The average molecular weight is 376 g/mol. The van der Waals surface area contributed by atoms with Crippen molar-refractivity contribution < 1.29 is 4.79 Å². The number of rotatable bonds is 4. The quantitative estimate of drug-likeness (QED) is 0.808. The fourth-order valence-corrected chi connectivity index (χ4v) is 4.78. The number of carbonyl (C=O) groups is 1. The van der Waals surface area contributed by atoms with Crippen LogP contribution in [0.5, 0.6) is 0 Å². The van der Waals surface area contributed by atoms with Crippen LogP contribution in [0.25, 0.3) is 0 Å². The lowest BCUT2D eigenvalue weighted by molar-refractivity contribution is -0.131. The van der Waals surface area contributed by atoms with Crippen molar-refractivity contribution >= 4 is 17.5 Å². The number of amides is 1. The second-order valence-corrected chi connectivity index (χ2v) is 8.89. The number of hydrogen-bond acceptors (Lipinski definition) is 3. The third-order valence-electron chi connectivity index (χ3n) is 6.61. The molecule has 5 heteroatoms. The van der Waals surface area contributed by atoms with E-state index in [1.165, 1.54) is 18.4 Å². The normalized spacial score (nSPS) is 28.5. The summed E-state index contributed by atoms with van der Waals surface area (Å²) >= 11 is 6.38. The molecular formula is C21H30ClN3O. The van der Waals surface area contributed by atoms with Crippen molar-refractivity contribution in [2.75, 3.05) is 39.8 Å². The Kier molecular flexibility index (Phi) is 5.27. The number of likely N-dealkylation sites (tertiary alicyclic amines) is 1. The molecule has 0 N–H and O–H groups in total. The molecule has 1 atom stereocenters. The van der Waals surface area contributed by atoms with Crippen molar-refractivity contribution in [3.8, 4) is 0 Å². The lowest BCUT2D eigenvalue weighted by atomic mass is 9.86. The van der Waals surface area contributed by atoms with Gasteiger partial charge in [-0.1, -0.05) is 29.8 Å². The zero-order valence-electron chi connectivity index (χ0n) is 15.8. The van der Waals surface area contributed by atoms with Gasteiger partial charge in [0.05, 0.1) is 0 Å². The average Bonchev–Trinajstić information content (AvgIpc) is 3.46. The highest BCUT2D eigenvalue weighted by atomic mass is 35.5. The third-order valence-corrected chi connectivity index (χ3v) is 6.98. The molecule has 142 valence electrons. The van der Waals surface area contributed by atoms with Crippen molar-refractivity contribution in [3.63, 3.8) is 0 Å². The molecule has 1 spiro atoms. The second-order valence-electron chi connectivity index (χ2n) is 8.48. The highest BCUT2D eigenvalue weighted by molar-refractivity contribution is 6.31. The van der Waals surface area contributed by atoms with Gasteiger partial charge in [-0.05, 0) is 50.3 Å². The van der Waals surface area contributed by atoms with Gasteiger partial charge in [-0.15, -0.1) is 0 Å². The summed E-state index contributed by atoms with van der Waals surface area (Å²) in [7, 11) is 2.24. The Bertz CT molecular complexity index is 662. The summed E-state index contributed by atoms with van der Waals surface area (Å²) in [5.74, 6) is 1.14. The molecule has 1 amide bonds. The van der Waals surface area contributed by atoms with Crippen LogP contribution >= 0.6 is 11.6 Å². The van der Waals surface area contributed by atoms with E-state index in [1.807, 2.05) is 12.1 Å². The van der Waals surface area contributed by atoms with Gasteiger partial charge >= 0.3 is 0 Å². The van der Waals surface area contributed by atoms with E-state index in [2.05, 4.69) is 33.9 Å². The van der Waals surface area contributed by atoms with Gasteiger partial charge in [-0.2, -0.15) is 0 Å². The van der Waals surface area contributed by atoms with Crippen LogP contribution in [0.2, 0.25) is 5.02 Å². The van der Waals surface area contributed by atoms with Crippen LogP contribution in [0, 0.1) is 5.92 Å². The van der Waals surface area contributed by atoms with E-state index in [0.29, 0.717) is 12.3 Å².